The second-order valence-electron chi connectivity index (χ2n) is 10.4. The number of hydrogen-bond acceptors (Lipinski definition) is 4. The van der Waals surface area contributed by atoms with Gasteiger partial charge in [0, 0.05) is 37.6 Å². The van der Waals surface area contributed by atoms with Crippen LogP contribution in [0.1, 0.15) is 63.5 Å². The summed E-state index contributed by atoms with van der Waals surface area (Å²) < 4.78 is 0. The van der Waals surface area contributed by atoms with Crippen molar-refractivity contribution in [2.24, 2.45) is 0 Å². The van der Waals surface area contributed by atoms with Gasteiger partial charge in [-0.3, -0.25) is 0 Å². The molecule has 0 radical (unpaired) electrons. The Balaban J connectivity index is 1.67. The molecule has 0 bridgehead atoms. The summed E-state index contributed by atoms with van der Waals surface area (Å²) in [6.07, 6.45) is 8.08. The number of hydrogen-bond donors (Lipinski definition) is 4. The molecule has 8 heteroatoms. The minimum absolute atomic E-state index is 0.184. The maximum absolute atomic E-state index is 12.2. The smallest absolute Gasteiger partial charge is 0.319 e. The van der Waals surface area contributed by atoms with Crippen molar-refractivity contribution in [1.82, 2.24) is 20.4 Å². The van der Waals surface area contributed by atoms with E-state index in [-0.39, 0.29) is 12.1 Å². The molecule has 2 aromatic carbocycles. The van der Waals surface area contributed by atoms with Crippen molar-refractivity contribution in [3.63, 3.8) is 0 Å². The van der Waals surface area contributed by atoms with Gasteiger partial charge in [-0.2, -0.15) is 0 Å². The Morgan fingerprint density at radius 3 is 1.33 bits per heavy atom. The predicted octanol–water partition coefficient (Wildman–Crippen LogP) is 5.76. The summed E-state index contributed by atoms with van der Waals surface area (Å²) in [5.41, 5.74) is 3.84. The van der Waals surface area contributed by atoms with Gasteiger partial charge >= 0.3 is 12.1 Å². The summed E-state index contributed by atoms with van der Waals surface area (Å²) in [5, 5.41) is 11.6. The van der Waals surface area contributed by atoms with Crippen LogP contribution < -0.4 is 21.3 Å². The van der Waals surface area contributed by atoms with E-state index in [1.165, 1.54) is 38.5 Å². The van der Waals surface area contributed by atoms with Crippen LogP contribution >= 0.6 is 0 Å². The van der Waals surface area contributed by atoms with Gasteiger partial charge in [-0.1, -0.05) is 63.8 Å². The van der Waals surface area contributed by atoms with Gasteiger partial charge in [0.05, 0.1) is 0 Å². The highest BCUT2D eigenvalue weighted by Crippen LogP contribution is 2.16. The Morgan fingerprint density at radius 1 is 0.590 bits per heavy atom. The zero-order valence-electron chi connectivity index (χ0n) is 24.5. The molecule has 216 valence electrons. The third-order valence-corrected chi connectivity index (χ3v) is 6.68. The lowest BCUT2D eigenvalue weighted by Crippen LogP contribution is -2.35. The molecule has 2 aromatic rings. The lowest BCUT2D eigenvalue weighted by molar-refractivity contribution is 0.248. The number of nitrogens with one attached hydrogen (secondary N) is 4. The third-order valence-electron chi connectivity index (χ3n) is 6.68. The van der Waals surface area contributed by atoms with E-state index >= 15 is 0 Å². The Morgan fingerprint density at radius 2 is 0.974 bits per heavy atom. The highest BCUT2D eigenvalue weighted by molar-refractivity contribution is 5.89. The van der Waals surface area contributed by atoms with Crippen molar-refractivity contribution in [1.29, 1.82) is 0 Å². The summed E-state index contributed by atoms with van der Waals surface area (Å²) in [6.45, 7) is 9.44. The van der Waals surface area contributed by atoms with Crippen LogP contribution in [0.5, 0.6) is 0 Å². The Bertz CT molecular complexity index is 871. The molecule has 0 aliphatic heterocycles. The minimum Gasteiger partial charge on any atom is -0.337 e. The lowest BCUT2D eigenvalue weighted by Gasteiger charge is -2.17. The molecule has 0 saturated carbocycles. The molecule has 0 saturated heterocycles. The summed E-state index contributed by atoms with van der Waals surface area (Å²) >= 11 is 0. The van der Waals surface area contributed by atoms with Crippen LogP contribution in [-0.4, -0.2) is 75.2 Å². The molecule has 4 N–H and O–H groups in total. The molecule has 0 aliphatic rings. The first-order chi connectivity index (χ1) is 18.9. The SMILES string of the molecule is CCCCCN(C)CCNC(=O)Nc1ccc(Cc2ccc(NC(=O)NCCN(C)CCCCC)cc2)cc1. The number of amides is 4. The second kappa shape index (κ2) is 19.0. The van der Waals surface area contributed by atoms with Gasteiger partial charge in [-0.05, 0) is 81.8 Å². The predicted molar refractivity (Wildman–Crippen MR) is 164 cm³/mol. The normalized spacial score (nSPS) is 11.0. The number of anilines is 2. The maximum Gasteiger partial charge on any atom is 0.319 e. The fourth-order valence-corrected chi connectivity index (χ4v) is 4.21. The fourth-order valence-electron chi connectivity index (χ4n) is 4.21. The molecule has 0 atom stereocenters. The summed E-state index contributed by atoms with van der Waals surface area (Å²) in [5.74, 6) is 0. The number of nitrogens with zero attached hydrogens (tertiary/aromatic N) is 2. The molecule has 39 heavy (non-hydrogen) atoms. The second-order valence-corrected chi connectivity index (χ2v) is 10.4. The maximum atomic E-state index is 12.2. The van der Waals surface area contributed by atoms with E-state index < -0.39 is 0 Å². The quantitative estimate of drug-likeness (QED) is 0.182. The van der Waals surface area contributed by atoms with Crippen molar-refractivity contribution in [3.05, 3.63) is 59.7 Å². The van der Waals surface area contributed by atoms with E-state index in [1.807, 2.05) is 48.5 Å². The zero-order valence-corrected chi connectivity index (χ0v) is 24.5. The summed E-state index contributed by atoms with van der Waals surface area (Å²) in [4.78, 5) is 28.9. The molecule has 2 rings (SSSR count). The molecular formula is C31H50N6O2. The van der Waals surface area contributed by atoms with Crippen molar-refractivity contribution in [2.45, 2.75) is 58.8 Å². The number of carbonyl (C=O) groups is 2. The van der Waals surface area contributed by atoms with Crippen LogP contribution in [0.2, 0.25) is 0 Å². The minimum atomic E-state index is -0.184. The zero-order chi connectivity index (χ0) is 28.3. The Hall–Kier alpha value is -3.10. The van der Waals surface area contributed by atoms with Crippen molar-refractivity contribution < 1.29 is 9.59 Å². The van der Waals surface area contributed by atoms with Crippen molar-refractivity contribution in [2.75, 3.05) is 64.0 Å². The molecule has 8 nitrogen and oxygen atoms in total. The standard InChI is InChI=1S/C31H50N6O2/c1-5-7-9-21-36(3)23-19-32-30(38)34-28-15-11-26(12-16-28)25-27-13-17-29(18-14-27)35-31(39)33-20-24-37(4)22-10-8-6-2/h11-18H,5-10,19-25H2,1-4H3,(H2,32,34,38)(H2,33,35,39). The number of benzene rings is 2. The number of carbonyl (C=O) groups excluding carboxylic acids is 2. The molecule has 0 aromatic heterocycles. The van der Waals surface area contributed by atoms with Gasteiger partial charge in [-0.15, -0.1) is 0 Å². The van der Waals surface area contributed by atoms with E-state index in [4.69, 9.17) is 0 Å². The number of urea groups is 2. The van der Waals surface area contributed by atoms with Gasteiger partial charge in [0.15, 0.2) is 0 Å². The molecule has 0 heterocycles. The largest absolute Gasteiger partial charge is 0.337 e. The third kappa shape index (κ3) is 14.6. The Labute approximate surface area is 235 Å². The van der Waals surface area contributed by atoms with E-state index in [2.05, 4.69) is 59.0 Å². The van der Waals surface area contributed by atoms with Crippen LogP contribution in [0.4, 0.5) is 21.0 Å². The van der Waals surface area contributed by atoms with Crippen molar-refractivity contribution >= 4 is 23.4 Å². The van der Waals surface area contributed by atoms with Gasteiger partial charge in [-0.25, -0.2) is 9.59 Å². The molecule has 0 spiro atoms. The molecule has 0 unspecified atom stereocenters. The molecular weight excluding hydrogens is 488 g/mol. The topological polar surface area (TPSA) is 88.7 Å². The van der Waals surface area contributed by atoms with Gasteiger partial charge in [0.2, 0.25) is 0 Å². The molecule has 0 aliphatic carbocycles. The van der Waals surface area contributed by atoms with E-state index in [0.29, 0.717) is 13.1 Å². The first-order valence-electron chi connectivity index (χ1n) is 14.5. The van der Waals surface area contributed by atoms with E-state index in [1.54, 1.807) is 0 Å². The Kier molecular flexibility index (Phi) is 15.7. The van der Waals surface area contributed by atoms with Gasteiger partial charge in [0.25, 0.3) is 0 Å². The van der Waals surface area contributed by atoms with Crippen LogP contribution in [0.15, 0.2) is 48.5 Å². The monoisotopic (exact) mass is 538 g/mol. The first-order valence-corrected chi connectivity index (χ1v) is 14.5. The number of unbranched alkanes of at least 4 members (excludes halogenated alkanes) is 4. The van der Waals surface area contributed by atoms with Crippen LogP contribution in [0.3, 0.4) is 0 Å². The van der Waals surface area contributed by atoms with Gasteiger partial charge in [0.1, 0.15) is 0 Å². The average molecular weight is 539 g/mol. The van der Waals surface area contributed by atoms with E-state index in [0.717, 1.165) is 55.1 Å². The van der Waals surface area contributed by atoms with E-state index in [9.17, 15) is 9.59 Å². The lowest BCUT2D eigenvalue weighted by atomic mass is 10.0. The highest BCUT2D eigenvalue weighted by Gasteiger charge is 2.06. The van der Waals surface area contributed by atoms with Gasteiger partial charge < -0.3 is 31.1 Å². The van der Waals surface area contributed by atoms with Crippen LogP contribution in [-0.2, 0) is 6.42 Å². The van der Waals surface area contributed by atoms with Crippen molar-refractivity contribution in [3.8, 4) is 0 Å². The molecule has 4 amide bonds. The molecule has 0 fully saturated rings. The van der Waals surface area contributed by atoms with Crippen LogP contribution in [0, 0.1) is 0 Å². The first kappa shape index (κ1) is 32.1. The highest BCUT2D eigenvalue weighted by atomic mass is 16.2. The number of rotatable bonds is 18. The van der Waals surface area contributed by atoms with Crippen LogP contribution in [0.25, 0.3) is 0 Å². The number of likely N-dealkylation sites (N-methyl/N-ethyl adjacent to an activating group) is 2. The summed E-state index contributed by atoms with van der Waals surface area (Å²) in [6, 6.07) is 15.4. The fraction of sp³-hybridized carbons (Fsp3) is 0.548. The summed E-state index contributed by atoms with van der Waals surface area (Å²) in [7, 11) is 4.18. The average Bonchev–Trinajstić information content (AvgIpc) is 2.91.